The number of carbonyl (C=O) groups is 1. The first-order valence-electron chi connectivity index (χ1n) is 5.76. The van der Waals surface area contributed by atoms with Gasteiger partial charge in [-0.3, -0.25) is 4.79 Å². The van der Waals surface area contributed by atoms with Crippen molar-refractivity contribution in [2.75, 3.05) is 6.61 Å². The Morgan fingerprint density at radius 2 is 1.93 bits per heavy atom. The molecule has 3 nitrogen and oxygen atoms in total. The molecule has 0 aromatic rings. The van der Waals surface area contributed by atoms with Gasteiger partial charge in [0.25, 0.3) is 0 Å². The Hall–Kier alpha value is -0.830. The van der Waals surface area contributed by atoms with E-state index >= 15 is 0 Å². The van der Waals surface area contributed by atoms with E-state index in [1.807, 2.05) is 0 Å². The van der Waals surface area contributed by atoms with Gasteiger partial charge < -0.3 is 10.2 Å². The van der Waals surface area contributed by atoms with Gasteiger partial charge in [-0.2, -0.15) is 0 Å². The first-order chi connectivity index (χ1) is 7.24. The SMILES string of the molecule is O=C(O)C1C2C=CC(CC2)C1CCCO. The number of hydrogen-bond acceptors (Lipinski definition) is 2. The van der Waals surface area contributed by atoms with Crippen LogP contribution in [0.2, 0.25) is 0 Å². The maximum Gasteiger partial charge on any atom is 0.307 e. The quantitative estimate of drug-likeness (QED) is 0.694. The van der Waals surface area contributed by atoms with Crippen molar-refractivity contribution in [3.05, 3.63) is 12.2 Å². The van der Waals surface area contributed by atoms with Gasteiger partial charge in [0, 0.05) is 6.61 Å². The van der Waals surface area contributed by atoms with E-state index in [0.717, 1.165) is 25.7 Å². The average molecular weight is 210 g/mol. The van der Waals surface area contributed by atoms with Crippen LogP contribution in [-0.2, 0) is 4.79 Å². The van der Waals surface area contributed by atoms with Crippen LogP contribution in [0.3, 0.4) is 0 Å². The van der Waals surface area contributed by atoms with Crippen LogP contribution in [-0.4, -0.2) is 22.8 Å². The number of aliphatic carboxylic acids is 1. The number of carboxylic acid groups (broad SMARTS) is 1. The van der Waals surface area contributed by atoms with Gasteiger partial charge in [0.15, 0.2) is 0 Å². The first kappa shape index (κ1) is 10.7. The minimum absolute atomic E-state index is 0.171. The lowest BCUT2D eigenvalue weighted by atomic mass is 9.61. The van der Waals surface area contributed by atoms with E-state index in [1.165, 1.54) is 0 Å². The third-order valence-corrected chi connectivity index (χ3v) is 3.89. The molecular formula is C12H18O3. The Balaban J connectivity index is 2.12. The number of aliphatic hydroxyl groups is 1. The number of aliphatic hydroxyl groups excluding tert-OH is 1. The van der Waals surface area contributed by atoms with Crippen molar-refractivity contribution in [3.63, 3.8) is 0 Å². The lowest BCUT2D eigenvalue weighted by Crippen LogP contribution is -2.41. The molecule has 3 heteroatoms. The Labute approximate surface area is 89.8 Å². The molecule has 1 saturated carbocycles. The van der Waals surface area contributed by atoms with Gasteiger partial charge in [0.2, 0.25) is 0 Å². The smallest absolute Gasteiger partial charge is 0.307 e. The van der Waals surface area contributed by atoms with E-state index in [9.17, 15) is 9.90 Å². The average Bonchev–Trinajstić information content (AvgIpc) is 2.26. The minimum Gasteiger partial charge on any atom is -0.481 e. The van der Waals surface area contributed by atoms with Gasteiger partial charge in [-0.05, 0) is 43.4 Å². The van der Waals surface area contributed by atoms with Crippen LogP contribution in [0.1, 0.15) is 25.7 Å². The zero-order valence-corrected chi connectivity index (χ0v) is 8.80. The van der Waals surface area contributed by atoms with Crippen molar-refractivity contribution < 1.29 is 15.0 Å². The molecule has 0 amide bonds. The van der Waals surface area contributed by atoms with E-state index in [1.54, 1.807) is 0 Å². The van der Waals surface area contributed by atoms with Gasteiger partial charge in [0.1, 0.15) is 0 Å². The largest absolute Gasteiger partial charge is 0.481 e. The molecule has 0 spiro atoms. The van der Waals surface area contributed by atoms with E-state index in [-0.39, 0.29) is 24.4 Å². The normalized spacial score (nSPS) is 38.2. The third-order valence-electron chi connectivity index (χ3n) is 3.89. The number of carboxylic acids is 1. The second kappa shape index (κ2) is 4.35. The van der Waals surface area contributed by atoms with Crippen LogP contribution < -0.4 is 0 Å². The van der Waals surface area contributed by atoms with Gasteiger partial charge in [-0.25, -0.2) is 0 Å². The standard InChI is InChI=1S/C12H18O3/c13-7-1-2-10-8-3-5-9(6-4-8)11(10)12(14)15/h3,5,8-11,13H,1-2,4,6-7H2,(H,14,15). The van der Waals surface area contributed by atoms with Crippen LogP contribution in [0, 0.1) is 23.7 Å². The van der Waals surface area contributed by atoms with Crippen LogP contribution in [0.4, 0.5) is 0 Å². The highest BCUT2D eigenvalue weighted by Gasteiger charge is 2.43. The zero-order valence-electron chi connectivity index (χ0n) is 8.80. The molecule has 0 aromatic heterocycles. The highest BCUT2D eigenvalue weighted by molar-refractivity contribution is 5.71. The number of rotatable bonds is 4. The molecule has 2 bridgehead atoms. The molecule has 4 atom stereocenters. The summed E-state index contributed by atoms with van der Waals surface area (Å²) < 4.78 is 0. The summed E-state index contributed by atoms with van der Waals surface area (Å²) in [6, 6.07) is 0. The molecule has 0 aliphatic heterocycles. The molecule has 1 fully saturated rings. The van der Waals surface area contributed by atoms with Crippen LogP contribution in [0.5, 0.6) is 0 Å². The van der Waals surface area contributed by atoms with Gasteiger partial charge >= 0.3 is 5.97 Å². The minimum atomic E-state index is -0.656. The van der Waals surface area contributed by atoms with Gasteiger partial charge in [-0.1, -0.05) is 12.2 Å². The highest BCUT2D eigenvalue weighted by atomic mass is 16.4. The maximum atomic E-state index is 11.2. The fourth-order valence-corrected chi connectivity index (χ4v) is 3.19. The van der Waals surface area contributed by atoms with E-state index in [4.69, 9.17) is 5.11 Å². The monoisotopic (exact) mass is 210 g/mol. The third kappa shape index (κ3) is 1.93. The molecule has 3 aliphatic rings. The molecular weight excluding hydrogens is 192 g/mol. The molecule has 0 heterocycles. The van der Waals surface area contributed by atoms with Crippen LogP contribution in [0.25, 0.3) is 0 Å². The van der Waals surface area contributed by atoms with Crippen LogP contribution >= 0.6 is 0 Å². The fourth-order valence-electron chi connectivity index (χ4n) is 3.19. The first-order valence-corrected chi connectivity index (χ1v) is 5.76. The summed E-state index contributed by atoms with van der Waals surface area (Å²) in [6.07, 6.45) is 8.00. The van der Waals surface area contributed by atoms with Crippen molar-refractivity contribution in [1.82, 2.24) is 0 Å². The second-order valence-corrected chi connectivity index (χ2v) is 4.68. The molecule has 0 aromatic carbocycles. The Morgan fingerprint density at radius 1 is 1.27 bits per heavy atom. The summed E-state index contributed by atoms with van der Waals surface area (Å²) in [7, 11) is 0. The van der Waals surface area contributed by atoms with Gasteiger partial charge in [0.05, 0.1) is 5.92 Å². The van der Waals surface area contributed by atoms with Crippen molar-refractivity contribution in [2.45, 2.75) is 25.7 Å². The van der Waals surface area contributed by atoms with Gasteiger partial charge in [-0.15, -0.1) is 0 Å². The van der Waals surface area contributed by atoms with Crippen molar-refractivity contribution >= 4 is 5.97 Å². The summed E-state index contributed by atoms with van der Waals surface area (Å²) >= 11 is 0. The fraction of sp³-hybridized carbons (Fsp3) is 0.750. The summed E-state index contributed by atoms with van der Waals surface area (Å²) in [4.78, 5) is 11.2. The number of allylic oxidation sites excluding steroid dienone is 2. The topological polar surface area (TPSA) is 57.5 Å². The molecule has 2 N–H and O–H groups in total. The molecule has 0 radical (unpaired) electrons. The predicted octanol–water partition coefficient (Wildman–Crippen LogP) is 1.67. The highest BCUT2D eigenvalue weighted by Crippen LogP contribution is 2.46. The lowest BCUT2D eigenvalue weighted by Gasteiger charge is -2.43. The molecule has 0 saturated heterocycles. The zero-order chi connectivity index (χ0) is 10.8. The molecule has 4 unspecified atom stereocenters. The Kier molecular flexibility index (Phi) is 3.10. The Morgan fingerprint density at radius 3 is 2.47 bits per heavy atom. The van der Waals surface area contributed by atoms with Crippen molar-refractivity contribution in [2.24, 2.45) is 23.7 Å². The number of hydrogen-bond donors (Lipinski definition) is 2. The molecule has 3 rings (SSSR count). The Bertz CT molecular complexity index is 272. The lowest BCUT2D eigenvalue weighted by molar-refractivity contribution is -0.148. The van der Waals surface area contributed by atoms with Crippen LogP contribution in [0.15, 0.2) is 12.2 Å². The number of fused-ring (bicyclic) bond motifs is 2. The van der Waals surface area contributed by atoms with E-state index in [2.05, 4.69) is 12.2 Å². The van der Waals surface area contributed by atoms with E-state index < -0.39 is 5.97 Å². The summed E-state index contributed by atoms with van der Waals surface area (Å²) in [6.45, 7) is 0.171. The summed E-state index contributed by atoms with van der Waals surface area (Å²) in [5.41, 5.74) is 0. The second-order valence-electron chi connectivity index (χ2n) is 4.68. The molecule has 15 heavy (non-hydrogen) atoms. The maximum absolute atomic E-state index is 11.2. The van der Waals surface area contributed by atoms with E-state index in [0.29, 0.717) is 5.92 Å². The predicted molar refractivity (Wildman–Crippen MR) is 56.3 cm³/mol. The molecule has 84 valence electrons. The molecule has 3 aliphatic carbocycles. The summed E-state index contributed by atoms with van der Waals surface area (Å²) in [5.74, 6) is 0.0505. The summed E-state index contributed by atoms with van der Waals surface area (Å²) in [5, 5.41) is 18.1. The van der Waals surface area contributed by atoms with Crippen molar-refractivity contribution in [1.29, 1.82) is 0 Å². The van der Waals surface area contributed by atoms with Crippen molar-refractivity contribution in [3.8, 4) is 0 Å².